The number of carboxylic acid groups (broad SMARTS) is 2. The Kier molecular flexibility index (Phi) is 9.34. The third-order valence-electron chi connectivity index (χ3n) is 6.09. The molecular formula is C25H31N5O6. The third-order valence-corrected chi connectivity index (χ3v) is 6.09. The maximum atomic E-state index is 12.8. The summed E-state index contributed by atoms with van der Waals surface area (Å²) in [4.78, 5) is 42.5. The molecule has 0 spiro atoms. The van der Waals surface area contributed by atoms with Gasteiger partial charge in [-0.15, -0.1) is 0 Å². The molecule has 2 unspecified atom stereocenters. The number of carboxylic acids is 2. The van der Waals surface area contributed by atoms with E-state index in [1.165, 1.54) is 24.6 Å². The normalized spacial score (nSPS) is 20.9. The van der Waals surface area contributed by atoms with Gasteiger partial charge in [0.25, 0.3) is 5.91 Å². The average Bonchev–Trinajstić information content (AvgIpc) is 3.06. The molecule has 5 N–H and O–H groups in total. The van der Waals surface area contributed by atoms with Crippen molar-refractivity contribution < 1.29 is 29.3 Å². The Morgan fingerprint density at radius 2 is 1.72 bits per heavy atom. The molecule has 1 amide bonds. The van der Waals surface area contributed by atoms with Gasteiger partial charge in [0.2, 0.25) is 11.8 Å². The van der Waals surface area contributed by atoms with Crippen molar-refractivity contribution in [2.24, 2.45) is 0 Å². The van der Waals surface area contributed by atoms with Crippen LogP contribution in [0.15, 0.2) is 48.7 Å². The molecule has 0 aliphatic carbocycles. The number of benzene rings is 1. The van der Waals surface area contributed by atoms with Crippen molar-refractivity contribution in [3.63, 3.8) is 0 Å². The zero-order valence-electron chi connectivity index (χ0n) is 20.0. The number of carbonyl (C=O) groups excluding carboxylic acids is 1. The second kappa shape index (κ2) is 12.6. The maximum absolute atomic E-state index is 12.8. The molecule has 2 aromatic rings. The number of piperidine rings is 1. The van der Waals surface area contributed by atoms with Gasteiger partial charge in [-0.25, -0.2) is 14.6 Å². The molecule has 4 rings (SSSR count). The van der Waals surface area contributed by atoms with E-state index in [-0.39, 0.29) is 23.8 Å². The molecule has 0 saturated carbocycles. The van der Waals surface area contributed by atoms with Crippen molar-refractivity contribution in [2.45, 2.75) is 57.3 Å². The molecule has 11 heteroatoms. The van der Waals surface area contributed by atoms with Crippen LogP contribution in [0.1, 0.15) is 48.5 Å². The number of hydrogen-bond donors (Lipinski definition) is 4. The highest BCUT2D eigenvalue weighted by atomic mass is 16.5. The summed E-state index contributed by atoms with van der Waals surface area (Å²) < 4.78 is 5.47. The molecule has 192 valence electrons. The third kappa shape index (κ3) is 7.51. The van der Waals surface area contributed by atoms with Crippen LogP contribution in [0.4, 0.5) is 5.95 Å². The lowest BCUT2D eigenvalue weighted by Gasteiger charge is -2.39. The van der Waals surface area contributed by atoms with E-state index in [2.05, 4.69) is 50.5 Å². The number of nitrogens with zero attached hydrogens (tertiary/aromatic N) is 3. The number of nitrogens with one attached hydrogen (secondary N) is 1. The standard InChI is InChI=1S/C21H27N5O2.C4H4O4/c1-2-28-20-18(12-23-21(22)25-20)19(27)24-15-10-16-8-9-17(11-15)26(16)13-14-6-4-3-5-7-14;5-3(6)1-2-4(7)8/h3-7,12,15-17H,2,8-11,13H2,1H3,(H,24,27)(H2,22,23,25);1-2H,(H,5,6)(H,7,8)/b;2-1+. The van der Waals surface area contributed by atoms with Gasteiger partial charge in [0.05, 0.1) is 6.61 Å². The van der Waals surface area contributed by atoms with Crippen LogP contribution in [0, 0.1) is 0 Å². The van der Waals surface area contributed by atoms with Gasteiger partial charge in [0, 0.05) is 43.0 Å². The quantitative estimate of drug-likeness (QED) is 0.396. The Labute approximate surface area is 209 Å². The first-order chi connectivity index (χ1) is 17.3. The summed E-state index contributed by atoms with van der Waals surface area (Å²) >= 11 is 0. The number of anilines is 1. The van der Waals surface area contributed by atoms with Gasteiger partial charge in [0.1, 0.15) is 5.56 Å². The van der Waals surface area contributed by atoms with E-state index >= 15 is 0 Å². The summed E-state index contributed by atoms with van der Waals surface area (Å²) in [5.74, 6) is -2.35. The van der Waals surface area contributed by atoms with Crippen molar-refractivity contribution in [1.29, 1.82) is 0 Å². The number of amides is 1. The Morgan fingerprint density at radius 1 is 1.11 bits per heavy atom. The number of aromatic nitrogens is 2. The van der Waals surface area contributed by atoms with Crippen molar-refractivity contribution in [3.05, 3.63) is 59.8 Å². The molecule has 0 radical (unpaired) electrons. The molecule has 1 aromatic carbocycles. The summed E-state index contributed by atoms with van der Waals surface area (Å²) in [7, 11) is 0. The second-order valence-electron chi connectivity index (χ2n) is 8.57. The Balaban J connectivity index is 0.000000392. The van der Waals surface area contributed by atoms with Crippen molar-refractivity contribution >= 4 is 23.8 Å². The number of aliphatic carboxylic acids is 2. The SMILES string of the molecule is CCOc1nc(N)ncc1C(=O)NC1CC2CCC(C1)N2Cc1ccccc1.O=C(O)/C=C/C(=O)O. The van der Waals surface area contributed by atoms with E-state index in [0.717, 1.165) is 19.4 Å². The van der Waals surface area contributed by atoms with Gasteiger partial charge in [0.15, 0.2) is 0 Å². The highest BCUT2D eigenvalue weighted by Crippen LogP contribution is 2.37. The van der Waals surface area contributed by atoms with E-state index in [1.54, 1.807) is 0 Å². The fraction of sp³-hybridized carbons (Fsp3) is 0.400. The number of rotatable bonds is 8. The predicted molar refractivity (Wildman–Crippen MR) is 131 cm³/mol. The van der Waals surface area contributed by atoms with Crippen LogP contribution < -0.4 is 15.8 Å². The monoisotopic (exact) mass is 497 g/mol. The molecule has 36 heavy (non-hydrogen) atoms. The number of fused-ring (bicyclic) bond motifs is 2. The van der Waals surface area contributed by atoms with Crippen molar-refractivity contribution in [3.8, 4) is 5.88 Å². The topological polar surface area (TPSA) is 168 Å². The number of carbonyl (C=O) groups is 3. The van der Waals surface area contributed by atoms with Gasteiger partial charge in [-0.3, -0.25) is 9.69 Å². The fourth-order valence-electron chi connectivity index (χ4n) is 4.63. The summed E-state index contributed by atoms with van der Waals surface area (Å²) in [5.41, 5.74) is 7.32. The predicted octanol–water partition coefficient (Wildman–Crippen LogP) is 2.09. The highest BCUT2D eigenvalue weighted by Gasteiger charge is 2.41. The molecule has 1 aromatic heterocycles. The van der Waals surface area contributed by atoms with E-state index in [1.807, 2.05) is 6.92 Å². The first kappa shape index (κ1) is 26.6. The molecule has 2 fully saturated rings. The van der Waals surface area contributed by atoms with E-state index in [9.17, 15) is 14.4 Å². The minimum atomic E-state index is -1.26. The zero-order chi connectivity index (χ0) is 26.1. The first-order valence-corrected chi connectivity index (χ1v) is 11.8. The van der Waals surface area contributed by atoms with Gasteiger partial charge in [-0.05, 0) is 38.2 Å². The van der Waals surface area contributed by atoms with Gasteiger partial charge in [-0.1, -0.05) is 30.3 Å². The molecule has 2 aliphatic heterocycles. The summed E-state index contributed by atoms with van der Waals surface area (Å²) in [5, 5.41) is 18.8. The summed E-state index contributed by atoms with van der Waals surface area (Å²) in [6.07, 6.45) is 6.88. The van der Waals surface area contributed by atoms with E-state index in [4.69, 9.17) is 20.7 Å². The largest absolute Gasteiger partial charge is 0.478 e. The first-order valence-electron chi connectivity index (χ1n) is 11.8. The molecule has 2 aliphatic rings. The van der Waals surface area contributed by atoms with Crippen LogP contribution in [0.3, 0.4) is 0 Å². The molecule has 3 heterocycles. The lowest BCUT2D eigenvalue weighted by atomic mass is 9.96. The number of hydrogen-bond acceptors (Lipinski definition) is 8. The zero-order valence-corrected chi connectivity index (χ0v) is 20.0. The van der Waals surface area contributed by atoms with E-state index in [0.29, 0.717) is 36.4 Å². The summed E-state index contributed by atoms with van der Waals surface area (Å²) in [6, 6.07) is 11.8. The summed E-state index contributed by atoms with van der Waals surface area (Å²) in [6.45, 7) is 3.25. The molecule has 2 atom stereocenters. The number of ether oxygens (including phenoxy) is 1. The van der Waals surface area contributed by atoms with Crippen LogP contribution in [-0.4, -0.2) is 67.7 Å². The minimum Gasteiger partial charge on any atom is -0.478 e. The average molecular weight is 498 g/mol. The lowest BCUT2D eigenvalue weighted by Crippen LogP contribution is -2.50. The lowest BCUT2D eigenvalue weighted by molar-refractivity contribution is -0.134. The number of nitrogen functional groups attached to an aromatic ring is 1. The molecule has 2 bridgehead atoms. The minimum absolute atomic E-state index is 0.104. The van der Waals surface area contributed by atoms with Crippen molar-refractivity contribution in [1.82, 2.24) is 20.2 Å². The molecule has 2 saturated heterocycles. The van der Waals surface area contributed by atoms with Crippen LogP contribution in [0.5, 0.6) is 5.88 Å². The maximum Gasteiger partial charge on any atom is 0.328 e. The van der Waals surface area contributed by atoms with Crippen LogP contribution in [0.25, 0.3) is 0 Å². The molecule has 11 nitrogen and oxygen atoms in total. The Morgan fingerprint density at radius 3 is 2.28 bits per heavy atom. The van der Waals surface area contributed by atoms with Crippen molar-refractivity contribution in [2.75, 3.05) is 12.3 Å². The van der Waals surface area contributed by atoms with Crippen LogP contribution in [-0.2, 0) is 16.1 Å². The van der Waals surface area contributed by atoms with Gasteiger partial charge in [-0.2, -0.15) is 4.98 Å². The van der Waals surface area contributed by atoms with Gasteiger partial charge >= 0.3 is 11.9 Å². The van der Waals surface area contributed by atoms with Gasteiger partial charge < -0.3 is 26.0 Å². The number of nitrogens with two attached hydrogens (primary N) is 1. The van der Waals surface area contributed by atoms with Crippen LogP contribution in [0.2, 0.25) is 0 Å². The Bertz CT molecular complexity index is 1060. The van der Waals surface area contributed by atoms with E-state index < -0.39 is 11.9 Å². The fourth-order valence-corrected chi connectivity index (χ4v) is 4.63. The van der Waals surface area contributed by atoms with Crippen LogP contribution >= 0.6 is 0 Å². The smallest absolute Gasteiger partial charge is 0.328 e. The molecular weight excluding hydrogens is 466 g/mol. The second-order valence-corrected chi connectivity index (χ2v) is 8.57. The Hall–Kier alpha value is -3.99. The highest BCUT2D eigenvalue weighted by molar-refractivity contribution is 5.96.